The lowest BCUT2D eigenvalue weighted by Gasteiger charge is -2.09. The molecule has 0 saturated carbocycles. The van der Waals surface area contributed by atoms with Crippen molar-refractivity contribution in [2.24, 2.45) is 0 Å². The number of hydrogen-bond donors (Lipinski definition) is 1. The molecule has 2 heteroatoms. The summed E-state index contributed by atoms with van der Waals surface area (Å²) in [7, 11) is 0. The van der Waals surface area contributed by atoms with Gasteiger partial charge in [0.05, 0.1) is 12.7 Å². The number of unbranched alkanes of at least 4 members (excludes halogenated alkanes) is 1. The summed E-state index contributed by atoms with van der Waals surface area (Å²) in [5.74, 6) is 0.337. The van der Waals surface area contributed by atoms with Crippen LogP contribution in [0.3, 0.4) is 0 Å². The van der Waals surface area contributed by atoms with Crippen molar-refractivity contribution in [2.45, 2.75) is 38.9 Å². The van der Waals surface area contributed by atoms with Gasteiger partial charge in [-0.3, -0.25) is 0 Å². The summed E-state index contributed by atoms with van der Waals surface area (Å²) in [6.45, 7) is 2.84. The van der Waals surface area contributed by atoms with Crippen molar-refractivity contribution < 1.29 is 9.84 Å². The predicted octanol–water partition coefficient (Wildman–Crippen LogP) is 3.15. The highest BCUT2D eigenvalue weighted by Crippen LogP contribution is 2.35. The molecule has 0 spiro atoms. The minimum absolute atomic E-state index is 0.255. The molecule has 0 bridgehead atoms. The Morgan fingerprint density at radius 2 is 2.36 bits per heavy atom. The van der Waals surface area contributed by atoms with Crippen LogP contribution in [0.1, 0.15) is 43.4 Å². The quantitative estimate of drug-likeness (QED) is 0.797. The van der Waals surface area contributed by atoms with Gasteiger partial charge in [0.25, 0.3) is 0 Å². The Labute approximate surface area is 84.5 Å². The molecular formula is C12H16O2. The van der Waals surface area contributed by atoms with E-state index in [4.69, 9.17) is 4.74 Å². The molecule has 14 heavy (non-hydrogen) atoms. The van der Waals surface area contributed by atoms with Crippen LogP contribution in [0.5, 0.6) is 5.75 Å². The molecule has 1 aliphatic heterocycles. The van der Waals surface area contributed by atoms with E-state index < -0.39 is 0 Å². The summed E-state index contributed by atoms with van der Waals surface area (Å²) in [5.41, 5.74) is 2.40. The lowest BCUT2D eigenvalue weighted by molar-refractivity contribution is 0.0585. The van der Waals surface area contributed by atoms with E-state index in [1.54, 1.807) is 12.1 Å². The van der Waals surface area contributed by atoms with E-state index in [1.807, 2.05) is 6.07 Å². The summed E-state index contributed by atoms with van der Waals surface area (Å²) in [5, 5.41) is 9.30. The molecule has 0 aromatic heterocycles. The molecule has 1 heterocycles. The predicted molar refractivity (Wildman–Crippen MR) is 55.2 cm³/mol. The normalized spacial score (nSPS) is 19.6. The fourth-order valence-corrected chi connectivity index (χ4v) is 1.94. The van der Waals surface area contributed by atoms with E-state index in [1.165, 1.54) is 18.4 Å². The van der Waals surface area contributed by atoms with Gasteiger partial charge in [-0.1, -0.05) is 25.8 Å². The van der Waals surface area contributed by atoms with Crippen molar-refractivity contribution in [2.75, 3.05) is 0 Å². The van der Waals surface area contributed by atoms with Crippen LogP contribution >= 0.6 is 0 Å². The van der Waals surface area contributed by atoms with Gasteiger partial charge in [-0.15, -0.1) is 0 Å². The molecule has 76 valence electrons. The van der Waals surface area contributed by atoms with Crippen LogP contribution in [0.25, 0.3) is 0 Å². The van der Waals surface area contributed by atoms with Gasteiger partial charge in [0, 0.05) is 0 Å². The van der Waals surface area contributed by atoms with Gasteiger partial charge in [0.1, 0.15) is 5.75 Å². The van der Waals surface area contributed by atoms with E-state index in [9.17, 15) is 5.11 Å². The number of aromatic hydroxyl groups is 1. The molecule has 1 aliphatic rings. The van der Waals surface area contributed by atoms with E-state index in [-0.39, 0.29) is 6.10 Å². The zero-order valence-corrected chi connectivity index (χ0v) is 8.49. The molecule has 0 aliphatic carbocycles. The lowest BCUT2D eigenvalue weighted by Crippen LogP contribution is -1.95. The van der Waals surface area contributed by atoms with Crippen molar-refractivity contribution in [1.29, 1.82) is 0 Å². The number of phenolic OH excluding ortho intramolecular Hbond substituents is 1. The molecule has 0 radical (unpaired) electrons. The van der Waals surface area contributed by atoms with E-state index in [0.717, 1.165) is 12.0 Å². The third-order valence-electron chi connectivity index (χ3n) is 2.73. The fourth-order valence-electron chi connectivity index (χ4n) is 1.94. The summed E-state index contributed by atoms with van der Waals surface area (Å²) in [6, 6.07) is 5.53. The standard InChI is InChI=1S/C12H16O2/c1-2-3-4-12-11-6-5-10(13)7-9(11)8-14-12/h5-7,12-13H,2-4,8H2,1H3. The van der Waals surface area contributed by atoms with Crippen molar-refractivity contribution in [3.8, 4) is 5.75 Å². The SMILES string of the molecule is CCCCC1OCc2cc(O)ccc21. The topological polar surface area (TPSA) is 29.5 Å². The molecule has 1 aromatic rings. The maximum atomic E-state index is 9.30. The van der Waals surface area contributed by atoms with Gasteiger partial charge in [0.15, 0.2) is 0 Å². The fraction of sp³-hybridized carbons (Fsp3) is 0.500. The van der Waals surface area contributed by atoms with Gasteiger partial charge in [-0.25, -0.2) is 0 Å². The summed E-state index contributed by atoms with van der Waals surface area (Å²) in [4.78, 5) is 0. The second-order valence-electron chi connectivity index (χ2n) is 3.82. The molecule has 2 nitrogen and oxygen atoms in total. The Morgan fingerprint density at radius 3 is 3.14 bits per heavy atom. The first-order chi connectivity index (χ1) is 6.81. The average Bonchev–Trinajstić information content (AvgIpc) is 2.57. The molecule has 0 saturated heterocycles. The second kappa shape index (κ2) is 4.01. The van der Waals surface area contributed by atoms with Crippen LogP contribution in [0.2, 0.25) is 0 Å². The van der Waals surface area contributed by atoms with E-state index in [2.05, 4.69) is 6.92 Å². The third kappa shape index (κ3) is 1.75. The Balaban J connectivity index is 2.14. The monoisotopic (exact) mass is 192 g/mol. The van der Waals surface area contributed by atoms with Gasteiger partial charge in [-0.05, 0) is 29.7 Å². The summed E-state index contributed by atoms with van der Waals surface area (Å²) < 4.78 is 5.67. The molecule has 0 amide bonds. The number of fused-ring (bicyclic) bond motifs is 1. The number of rotatable bonds is 3. The molecule has 1 aromatic carbocycles. The zero-order chi connectivity index (χ0) is 9.97. The number of hydrogen-bond acceptors (Lipinski definition) is 2. The van der Waals surface area contributed by atoms with E-state index >= 15 is 0 Å². The van der Waals surface area contributed by atoms with Crippen LogP contribution < -0.4 is 0 Å². The first-order valence-corrected chi connectivity index (χ1v) is 5.24. The molecule has 1 N–H and O–H groups in total. The van der Waals surface area contributed by atoms with Crippen LogP contribution in [-0.4, -0.2) is 5.11 Å². The van der Waals surface area contributed by atoms with Crippen molar-refractivity contribution in [3.63, 3.8) is 0 Å². The first kappa shape index (κ1) is 9.53. The van der Waals surface area contributed by atoms with Gasteiger partial charge >= 0.3 is 0 Å². The summed E-state index contributed by atoms with van der Waals surface area (Å²) >= 11 is 0. The molecule has 1 atom stereocenters. The maximum Gasteiger partial charge on any atom is 0.115 e. The first-order valence-electron chi connectivity index (χ1n) is 5.24. The third-order valence-corrected chi connectivity index (χ3v) is 2.73. The molecular weight excluding hydrogens is 176 g/mol. The average molecular weight is 192 g/mol. The van der Waals surface area contributed by atoms with Gasteiger partial charge in [0.2, 0.25) is 0 Å². The minimum Gasteiger partial charge on any atom is -0.508 e. The summed E-state index contributed by atoms with van der Waals surface area (Å²) in [6.07, 6.45) is 3.75. The van der Waals surface area contributed by atoms with Crippen LogP contribution in [0.4, 0.5) is 0 Å². The van der Waals surface area contributed by atoms with Gasteiger partial charge in [-0.2, -0.15) is 0 Å². The Kier molecular flexibility index (Phi) is 2.73. The van der Waals surface area contributed by atoms with Crippen molar-refractivity contribution in [1.82, 2.24) is 0 Å². The lowest BCUT2D eigenvalue weighted by atomic mass is 10.0. The van der Waals surface area contributed by atoms with Crippen molar-refractivity contribution >= 4 is 0 Å². The van der Waals surface area contributed by atoms with E-state index in [0.29, 0.717) is 12.4 Å². The number of ether oxygens (including phenoxy) is 1. The van der Waals surface area contributed by atoms with Crippen LogP contribution in [0.15, 0.2) is 18.2 Å². The molecule has 0 fully saturated rings. The van der Waals surface area contributed by atoms with Crippen LogP contribution in [0, 0.1) is 0 Å². The Hall–Kier alpha value is -1.02. The van der Waals surface area contributed by atoms with Crippen molar-refractivity contribution in [3.05, 3.63) is 29.3 Å². The zero-order valence-electron chi connectivity index (χ0n) is 8.49. The molecule has 1 unspecified atom stereocenters. The smallest absolute Gasteiger partial charge is 0.115 e. The minimum atomic E-state index is 0.255. The molecule has 2 rings (SSSR count). The van der Waals surface area contributed by atoms with Crippen LogP contribution in [-0.2, 0) is 11.3 Å². The highest BCUT2D eigenvalue weighted by atomic mass is 16.5. The Bertz CT molecular complexity index is 320. The van der Waals surface area contributed by atoms with Gasteiger partial charge < -0.3 is 9.84 Å². The highest BCUT2D eigenvalue weighted by Gasteiger charge is 2.22. The number of benzene rings is 1. The maximum absolute atomic E-state index is 9.30. The number of phenols is 1. The Morgan fingerprint density at radius 1 is 1.50 bits per heavy atom. The largest absolute Gasteiger partial charge is 0.508 e. The highest BCUT2D eigenvalue weighted by molar-refractivity contribution is 5.37. The second-order valence-corrected chi connectivity index (χ2v) is 3.82.